The average molecular weight is 326 g/mol. The summed E-state index contributed by atoms with van der Waals surface area (Å²) in [5, 5.41) is 5.50. The minimum atomic E-state index is -0.256. The van der Waals surface area contributed by atoms with Gasteiger partial charge in [-0.2, -0.15) is 0 Å². The maximum absolute atomic E-state index is 12.0. The van der Waals surface area contributed by atoms with Gasteiger partial charge in [0.1, 0.15) is 5.75 Å². The molecule has 0 heterocycles. The highest BCUT2D eigenvalue weighted by molar-refractivity contribution is 5.94. The van der Waals surface area contributed by atoms with E-state index in [1.165, 1.54) is 5.56 Å². The Labute approximate surface area is 142 Å². The van der Waals surface area contributed by atoms with Crippen LogP contribution in [0.4, 0.5) is 11.4 Å². The standard InChI is InChI=1S/C19H22N2O3/c1-3-14-8-10-17(11-9-14)24-13-19(23)21-16-7-5-6-15(12-16)20-18(22)4-2/h5-12H,3-4,13H2,1-2H3,(H,20,22)(H,21,23). The molecule has 0 aliphatic carbocycles. The van der Waals surface area contributed by atoms with E-state index < -0.39 is 0 Å². The van der Waals surface area contributed by atoms with Crippen LogP contribution in [0.25, 0.3) is 0 Å². The van der Waals surface area contributed by atoms with Crippen molar-refractivity contribution in [3.8, 4) is 5.75 Å². The molecule has 0 unspecified atom stereocenters. The number of carbonyl (C=O) groups is 2. The van der Waals surface area contributed by atoms with Crippen molar-refractivity contribution in [2.45, 2.75) is 26.7 Å². The smallest absolute Gasteiger partial charge is 0.262 e. The normalized spacial score (nSPS) is 10.1. The second-order valence-corrected chi connectivity index (χ2v) is 5.32. The molecular weight excluding hydrogens is 304 g/mol. The Bertz CT molecular complexity index is 696. The summed E-state index contributed by atoms with van der Waals surface area (Å²) in [4.78, 5) is 23.4. The Morgan fingerprint density at radius 2 is 1.54 bits per heavy atom. The molecule has 2 aromatic carbocycles. The van der Waals surface area contributed by atoms with Crippen molar-refractivity contribution >= 4 is 23.2 Å². The number of aryl methyl sites for hydroxylation is 1. The molecule has 126 valence electrons. The first kappa shape index (κ1) is 17.5. The number of hydrogen-bond acceptors (Lipinski definition) is 3. The SMILES string of the molecule is CCC(=O)Nc1cccc(NC(=O)COc2ccc(CC)cc2)c1. The van der Waals surface area contributed by atoms with Crippen LogP contribution in [0.5, 0.6) is 5.75 Å². The Morgan fingerprint density at radius 1 is 0.917 bits per heavy atom. The third kappa shape index (κ3) is 5.43. The minimum Gasteiger partial charge on any atom is -0.484 e. The molecule has 0 saturated heterocycles. The van der Waals surface area contributed by atoms with Crippen molar-refractivity contribution in [1.82, 2.24) is 0 Å². The van der Waals surface area contributed by atoms with Gasteiger partial charge in [-0.25, -0.2) is 0 Å². The minimum absolute atomic E-state index is 0.0719. The van der Waals surface area contributed by atoms with Gasteiger partial charge in [0, 0.05) is 17.8 Å². The monoisotopic (exact) mass is 326 g/mol. The van der Waals surface area contributed by atoms with E-state index in [0.717, 1.165) is 6.42 Å². The van der Waals surface area contributed by atoms with Gasteiger partial charge in [0.25, 0.3) is 5.91 Å². The fourth-order valence-electron chi connectivity index (χ4n) is 2.09. The predicted octanol–water partition coefficient (Wildman–Crippen LogP) is 3.62. The zero-order valence-electron chi connectivity index (χ0n) is 14.0. The molecule has 2 rings (SSSR count). The van der Waals surface area contributed by atoms with Crippen LogP contribution in [-0.4, -0.2) is 18.4 Å². The number of hydrogen-bond donors (Lipinski definition) is 2. The van der Waals surface area contributed by atoms with E-state index in [2.05, 4.69) is 17.6 Å². The predicted molar refractivity (Wildman–Crippen MR) is 95.3 cm³/mol. The highest BCUT2D eigenvalue weighted by Crippen LogP contribution is 2.16. The molecule has 2 amide bonds. The Balaban J connectivity index is 1.87. The molecule has 0 aliphatic rings. The highest BCUT2D eigenvalue weighted by Gasteiger charge is 2.05. The zero-order valence-corrected chi connectivity index (χ0v) is 14.0. The van der Waals surface area contributed by atoms with Gasteiger partial charge in [0.15, 0.2) is 6.61 Å². The molecule has 0 aliphatic heterocycles. The average Bonchev–Trinajstić information content (AvgIpc) is 2.60. The molecule has 0 fully saturated rings. The third-order valence-electron chi connectivity index (χ3n) is 3.45. The van der Waals surface area contributed by atoms with Crippen LogP contribution in [0.3, 0.4) is 0 Å². The second kappa shape index (κ2) is 8.72. The number of carbonyl (C=O) groups excluding carboxylic acids is 2. The lowest BCUT2D eigenvalue weighted by molar-refractivity contribution is -0.118. The molecule has 0 aromatic heterocycles. The summed E-state index contributed by atoms with van der Waals surface area (Å²) in [6.07, 6.45) is 1.37. The molecule has 24 heavy (non-hydrogen) atoms. The first-order valence-electron chi connectivity index (χ1n) is 8.02. The molecule has 2 N–H and O–H groups in total. The molecule has 0 radical (unpaired) electrons. The second-order valence-electron chi connectivity index (χ2n) is 5.32. The number of amides is 2. The van der Waals surface area contributed by atoms with Crippen molar-refractivity contribution < 1.29 is 14.3 Å². The number of anilines is 2. The number of rotatable bonds is 7. The molecule has 0 bridgehead atoms. The van der Waals surface area contributed by atoms with Crippen molar-refractivity contribution in [2.75, 3.05) is 17.2 Å². The van der Waals surface area contributed by atoms with Gasteiger partial charge in [-0.15, -0.1) is 0 Å². The molecule has 0 spiro atoms. The van der Waals surface area contributed by atoms with Gasteiger partial charge in [0.05, 0.1) is 0 Å². The van der Waals surface area contributed by atoms with Gasteiger partial charge in [-0.05, 0) is 42.3 Å². The van der Waals surface area contributed by atoms with E-state index in [-0.39, 0.29) is 18.4 Å². The topological polar surface area (TPSA) is 67.4 Å². The Hall–Kier alpha value is -2.82. The van der Waals surface area contributed by atoms with Gasteiger partial charge in [-0.1, -0.05) is 32.0 Å². The lowest BCUT2D eigenvalue weighted by Crippen LogP contribution is -2.20. The fraction of sp³-hybridized carbons (Fsp3) is 0.263. The Morgan fingerprint density at radius 3 is 2.12 bits per heavy atom. The van der Waals surface area contributed by atoms with Gasteiger partial charge in [-0.3, -0.25) is 9.59 Å². The van der Waals surface area contributed by atoms with Crippen molar-refractivity contribution in [3.05, 3.63) is 54.1 Å². The molecule has 0 atom stereocenters. The van der Waals surface area contributed by atoms with E-state index in [1.54, 1.807) is 31.2 Å². The first-order chi connectivity index (χ1) is 11.6. The molecule has 5 nitrogen and oxygen atoms in total. The molecule has 0 saturated carbocycles. The summed E-state index contributed by atoms with van der Waals surface area (Å²) in [6.45, 7) is 3.79. The van der Waals surface area contributed by atoms with E-state index in [0.29, 0.717) is 23.5 Å². The lowest BCUT2D eigenvalue weighted by Gasteiger charge is -2.09. The van der Waals surface area contributed by atoms with Crippen LogP contribution in [0, 0.1) is 0 Å². The molecular formula is C19H22N2O3. The number of ether oxygens (including phenoxy) is 1. The highest BCUT2D eigenvalue weighted by atomic mass is 16.5. The van der Waals surface area contributed by atoms with Gasteiger partial charge >= 0.3 is 0 Å². The van der Waals surface area contributed by atoms with Crippen molar-refractivity contribution in [1.29, 1.82) is 0 Å². The van der Waals surface area contributed by atoms with Crippen LogP contribution in [0.1, 0.15) is 25.8 Å². The van der Waals surface area contributed by atoms with E-state index in [1.807, 2.05) is 24.3 Å². The maximum Gasteiger partial charge on any atom is 0.262 e. The van der Waals surface area contributed by atoms with Crippen molar-refractivity contribution in [3.63, 3.8) is 0 Å². The van der Waals surface area contributed by atoms with Crippen LogP contribution >= 0.6 is 0 Å². The zero-order chi connectivity index (χ0) is 17.4. The lowest BCUT2D eigenvalue weighted by atomic mass is 10.2. The Kier molecular flexibility index (Phi) is 6.37. The summed E-state index contributed by atoms with van der Waals surface area (Å²) < 4.78 is 5.47. The quantitative estimate of drug-likeness (QED) is 0.816. The summed E-state index contributed by atoms with van der Waals surface area (Å²) >= 11 is 0. The summed E-state index contributed by atoms with van der Waals surface area (Å²) in [5.41, 5.74) is 2.48. The van der Waals surface area contributed by atoms with Gasteiger partial charge < -0.3 is 15.4 Å². The van der Waals surface area contributed by atoms with Crippen LogP contribution in [0.15, 0.2) is 48.5 Å². The van der Waals surface area contributed by atoms with Crippen LogP contribution < -0.4 is 15.4 Å². The summed E-state index contributed by atoms with van der Waals surface area (Å²) in [7, 11) is 0. The fourth-order valence-corrected chi connectivity index (χ4v) is 2.09. The number of benzene rings is 2. The summed E-state index contributed by atoms with van der Waals surface area (Å²) in [6, 6.07) is 14.7. The largest absolute Gasteiger partial charge is 0.484 e. The third-order valence-corrected chi connectivity index (χ3v) is 3.45. The van der Waals surface area contributed by atoms with Gasteiger partial charge in [0.2, 0.25) is 5.91 Å². The molecule has 2 aromatic rings. The summed E-state index contributed by atoms with van der Waals surface area (Å²) in [5.74, 6) is 0.331. The van der Waals surface area contributed by atoms with E-state index in [4.69, 9.17) is 4.74 Å². The number of nitrogens with one attached hydrogen (secondary N) is 2. The maximum atomic E-state index is 12.0. The van der Waals surface area contributed by atoms with E-state index >= 15 is 0 Å². The van der Waals surface area contributed by atoms with Crippen LogP contribution in [-0.2, 0) is 16.0 Å². The van der Waals surface area contributed by atoms with Crippen molar-refractivity contribution in [2.24, 2.45) is 0 Å². The first-order valence-corrected chi connectivity index (χ1v) is 8.02. The van der Waals surface area contributed by atoms with E-state index in [9.17, 15) is 9.59 Å². The van der Waals surface area contributed by atoms with Crippen LogP contribution in [0.2, 0.25) is 0 Å². The molecule has 5 heteroatoms.